The van der Waals surface area contributed by atoms with Crippen molar-refractivity contribution in [1.29, 1.82) is 0 Å². The van der Waals surface area contributed by atoms with Gasteiger partial charge in [0.15, 0.2) is 0 Å². The van der Waals surface area contributed by atoms with E-state index in [1.165, 1.54) is 16.0 Å². The van der Waals surface area contributed by atoms with Gasteiger partial charge in [-0.1, -0.05) is 103 Å². The summed E-state index contributed by atoms with van der Waals surface area (Å²) < 4.78 is 5.76. The van der Waals surface area contributed by atoms with Crippen LogP contribution in [-0.2, 0) is 31.2 Å². The number of carboxylic acid groups (broad SMARTS) is 1. The summed E-state index contributed by atoms with van der Waals surface area (Å²) in [5.41, 5.74) is 4.17. The number of esters is 1. The first-order valence-electron chi connectivity index (χ1n) is 16.5. The predicted molar refractivity (Wildman–Crippen MR) is 200 cm³/mol. The molecule has 0 aliphatic carbocycles. The molecule has 262 valence electrons. The van der Waals surface area contributed by atoms with Crippen LogP contribution in [0.3, 0.4) is 0 Å². The van der Waals surface area contributed by atoms with E-state index >= 15 is 0 Å². The number of hydrogen-bond donors (Lipinski definition) is 2. The van der Waals surface area contributed by atoms with E-state index in [0.717, 1.165) is 29.6 Å². The molecule has 7 heteroatoms. The highest BCUT2D eigenvalue weighted by molar-refractivity contribution is 8.18. The molecule has 0 saturated carbocycles. The summed E-state index contributed by atoms with van der Waals surface area (Å²) >= 11 is 3.70. The Morgan fingerprint density at radius 2 is 1.07 bits per heavy atom. The van der Waals surface area contributed by atoms with Crippen LogP contribution in [0.1, 0.15) is 152 Å². The molecule has 0 saturated heterocycles. The molecule has 0 fully saturated rings. The van der Waals surface area contributed by atoms with Crippen molar-refractivity contribution in [3.63, 3.8) is 0 Å². The standard InChI is InChI=1S/C36H54O4S2.C2H6.CH4O/c1-15-35(11,12)24-18-23(32(2,3)4)19-25(20-24)41-36(13,14)42-26-21-27(33(5,6)7)31(28(22-26)34(8,9)10)40-30(39)17-16-29(37)38;2*1-2/h18-22H,15-17H2,1-14H3,(H,37,38);1-2H3;2H,1H3. The quantitative estimate of drug-likeness (QED) is 0.112. The average molecular weight is 677 g/mol. The van der Waals surface area contributed by atoms with Gasteiger partial charge in [0.1, 0.15) is 5.75 Å². The van der Waals surface area contributed by atoms with Gasteiger partial charge >= 0.3 is 11.9 Å². The maximum atomic E-state index is 12.7. The largest absolute Gasteiger partial charge is 0.481 e. The first kappa shape index (κ1) is 44.0. The molecule has 0 aliphatic rings. The summed E-state index contributed by atoms with van der Waals surface area (Å²) in [6.07, 6.45) is 0.663. The number of hydrogen-bond acceptors (Lipinski definition) is 6. The fraction of sp³-hybridized carbons (Fsp3) is 0.641. The Morgan fingerprint density at radius 1 is 0.652 bits per heavy atom. The third kappa shape index (κ3) is 13.6. The molecule has 2 rings (SSSR count). The number of aliphatic hydroxyl groups is 1. The fourth-order valence-electron chi connectivity index (χ4n) is 4.53. The van der Waals surface area contributed by atoms with E-state index < -0.39 is 11.9 Å². The van der Waals surface area contributed by atoms with E-state index in [0.29, 0.717) is 5.75 Å². The monoisotopic (exact) mass is 676 g/mol. The van der Waals surface area contributed by atoms with Crippen LogP contribution in [0.4, 0.5) is 0 Å². The van der Waals surface area contributed by atoms with Crippen LogP contribution in [0.25, 0.3) is 0 Å². The Hall–Kier alpha value is -1.96. The second kappa shape index (κ2) is 17.4. The topological polar surface area (TPSA) is 83.8 Å². The summed E-state index contributed by atoms with van der Waals surface area (Å²) in [4.78, 5) is 26.2. The van der Waals surface area contributed by atoms with E-state index in [-0.39, 0.29) is 38.6 Å². The van der Waals surface area contributed by atoms with Crippen molar-refractivity contribution < 1.29 is 24.5 Å². The molecule has 5 nitrogen and oxygen atoms in total. The molecule has 0 atom stereocenters. The zero-order chi connectivity index (χ0) is 36.5. The van der Waals surface area contributed by atoms with E-state index in [1.54, 1.807) is 0 Å². The molecule has 0 amide bonds. The van der Waals surface area contributed by atoms with Crippen molar-refractivity contribution in [3.8, 4) is 5.75 Å². The highest BCUT2D eigenvalue weighted by atomic mass is 32.2. The molecule has 0 radical (unpaired) electrons. The van der Waals surface area contributed by atoms with Crippen LogP contribution >= 0.6 is 23.5 Å². The Bertz CT molecular complexity index is 1250. The van der Waals surface area contributed by atoms with Gasteiger partial charge in [-0.3, -0.25) is 9.59 Å². The molecule has 2 aromatic rings. The van der Waals surface area contributed by atoms with Crippen molar-refractivity contribution in [2.24, 2.45) is 0 Å². The zero-order valence-corrected chi connectivity index (χ0v) is 33.6. The van der Waals surface area contributed by atoms with Gasteiger partial charge in [-0.05, 0) is 77.3 Å². The van der Waals surface area contributed by atoms with E-state index in [9.17, 15) is 9.59 Å². The Labute approximate surface area is 290 Å². The molecular formula is C39H64O5S2. The molecule has 0 spiro atoms. The van der Waals surface area contributed by atoms with Gasteiger partial charge < -0.3 is 14.9 Å². The minimum Gasteiger partial charge on any atom is -0.481 e. The third-order valence-corrected chi connectivity index (χ3v) is 10.0. The number of rotatable bonds is 10. The van der Waals surface area contributed by atoms with Crippen molar-refractivity contribution in [2.45, 2.75) is 166 Å². The van der Waals surface area contributed by atoms with E-state index in [2.05, 4.69) is 127 Å². The predicted octanol–water partition coefficient (Wildman–Crippen LogP) is 11.3. The molecule has 2 aromatic carbocycles. The second-order valence-electron chi connectivity index (χ2n) is 15.6. The van der Waals surface area contributed by atoms with Gasteiger partial charge in [0.2, 0.25) is 0 Å². The SMILES string of the molecule is CC.CCC(C)(C)c1cc(SC(C)(C)Sc2cc(C(C)(C)C)c(OC(=O)CCC(=O)O)c(C(C)(C)C)c2)cc(C(C)(C)C)c1.CO. The molecule has 0 bridgehead atoms. The summed E-state index contributed by atoms with van der Waals surface area (Å²) in [5.74, 6) is -0.970. The maximum Gasteiger partial charge on any atom is 0.311 e. The van der Waals surface area contributed by atoms with Crippen LogP contribution in [0.15, 0.2) is 40.1 Å². The number of ether oxygens (including phenoxy) is 1. The van der Waals surface area contributed by atoms with E-state index in [4.69, 9.17) is 14.9 Å². The second-order valence-corrected chi connectivity index (χ2v) is 19.2. The number of aliphatic carboxylic acids is 1. The van der Waals surface area contributed by atoms with Crippen LogP contribution in [-0.4, -0.2) is 33.3 Å². The third-order valence-electron chi connectivity index (χ3n) is 7.60. The number of carboxylic acids is 1. The first-order valence-corrected chi connectivity index (χ1v) is 18.1. The first-order chi connectivity index (χ1) is 20.9. The van der Waals surface area contributed by atoms with Crippen molar-refractivity contribution in [2.75, 3.05) is 7.11 Å². The van der Waals surface area contributed by atoms with Gasteiger partial charge in [0, 0.05) is 28.0 Å². The normalized spacial score (nSPS) is 12.4. The summed E-state index contributed by atoms with van der Waals surface area (Å²) in [7, 11) is 1.00. The Kier molecular flexibility index (Phi) is 16.7. The minimum atomic E-state index is -1.01. The highest BCUT2D eigenvalue weighted by Gasteiger charge is 2.32. The fourth-order valence-corrected chi connectivity index (χ4v) is 7.14. The van der Waals surface area contributed by atoms with Crippen LogP contribution in [0.2, 0.25) is 0 Å². The number of benzene rings is 2. The number of carbonyl (C=O) groups is 2. The van der Waals surface area contributed by atoms with Gasteiger partial charge in [-0.25, -0.2) is 0 Å². The number of carbonyl (C=O) groups excluding carboxylic acids is 1. The van der Waals surface area contributed by atoms with Crippen molar-refractivity contribution in [3.05, 3.63) is 52.6 Å². The van der Waals surface area contributed by atoms with Crippen molar-refractivity contribution >= 4 is 35.5 Å². The van der Waals surface area contributed by atoms with Gasteiger partial charge in [0.25, 0.3) is 0 Å². The lowest BCUT2D eigenvalue weighted by Gasteiger charge is -2.32. The summed E-state index contributed by atoms with van der Waals surface area (Å²) in [6, 6.07) is 11.4. The number of aliphatic hydroxyl groups excluding tert-OH is 1. The van der Waals surface area contributed by atoms with Gasteiger partial charge in [0.05, 0.1) is 16.9 Å². The van der Waals surface area contributed by atoms with Crippen molar-refractivity contribution in [1.82, 2.24) is 0 Å². The molecule has 0 heterocycles. The van der Waals surface area contributed by atoms with E-state index in [1.807, 2.05) is 37.4 Å². The summed E-state index contributed by atoms with van der Waals surface area (Å²) in [6.45, 7) is 35.0. The molecule has 46 heavy (non-hydrogen) atoms. The Morgan fingerprint density at radius 3 is 1.43 bits per heavy atom. The van der Waals surface area contributed by atoms with Crippen LogP contribution in [0.5, 0.6) is 5.75 Å². The average Bonchev–Trinajstić information content (AvgIpc) is 2.92. The minimum absolute atomic E-state index is 0.0490. The van der Waals surface area contributed by atoms with Crippen LogP contribution < -0.4 is 4.74 Å². The van der Waals surface area contributed by atoms with Crippen LogP contribution in [0, 0.1) is 0 Å². The lowest BCUT2D eigenvalue weighted by atomic mass is 9.78. The molecule has 0 aliphatic heterocycles. The molecule has 2 N–H and O–H groups in total. The lowest BCUT2D eigenvalue weighted by Crippen LogP contribution is -2.23. The smallest absolute Gasteiger partial charge is 0.311 e. The number of thioether (sulfide) groups is 2. The molecule has 0 aromatic heterocycles. The Balaban J connectivity index is 0.00000486. The maximum absolute atomic E-state index is 12.7. The molecular weight excluding hydrogens is 613 g/mol. The lowest BCUT2D eigenvalue weighted by molar-refractivity contribution is -0.142. The molecule has 0 unspecified atom stereocenters. The highest BCUT2D eigenvalue weighted by Crippen LogP contribution is 2.50. The van der Waals surface area contributed by atoms with Gasteiger partial charge in [-0.15, -0.1) is 23.5 Å². The summed E-state index contributed by atoms with van der Waals surface area (Å²) in [5, 5.41) is 16.1. The van der Waals surface area contributed by atoms with Gasteiger partial charge in [-0.2, -0.15) is 0 Å². The zero-order valence-electron chi connectivity index (χ0n) is 31.9.